The Bertz CT molecular complexity index is 999. The number of rotatable bonds is 6. The smallest absolute Gasteiger partial charge is 0.416 e. The number of aromatic nitrogens is 1. The lowest BCUT2D eigenvalue weighted by Crippen LogP contribution is -2.18. The van der Waals surface area contributed by atoms with Gasteiger partial charge in [-0.1, -0.05) is 18.2 Å². The lowest BCUT2D eigenvalue weighted by molar-refractivity contribution is -0.137. The Balaban J connectivity index is 1.74. The van der Waals surface area contributed by atoms with Gasteiger partial charge in [-0.15, -0.1) is 0 Å². The molecule has 0 bridgehead atoms. The Morgan fingerprint density at radius 1 is 1.10 bits per heavy atom. The molecule has 3 aromatic rings. The maximum Gasteiger partial charge on any atom is 0.416 e. The van der Waals surface area contributed by atoms with Crippen LogP contribution in [0.4, 0.5) is 17.6 Å². The molecule has 0 amide bonds. The summed E-state index contributed by atoms with van der Waals surface area (Å²) in [5.74, 6) is 0.504. The van der Waals surface area contributed by atoms with Gasteiger partial charge in [-0.2, -0.15) is 13.2 Å². The Morgan fingerprint density at radius 2 is 1.86 bits per heavy atom. The maximum absolute atomic E-state index is 13.6. The monoisotopic (exact) mass is 408 g/mol. The molecule has 0 saturated carbocycles. The van der Waals surface area contributed by atoms with Crippen LogP contribution in [0.3, 0.4) is 0 Å². The quantitative estimate of drug-likeness (QED) is 0.509. The third kappa shape index (κ3) is 4.95. The molecule has 0 radical (unpaired) electrons. The standard InChI is InChI=1S/C21H20F4N2O2/c1-13-18(26-20(29-13)15-7-8-17(22)19(10-15)28-3)12-27(2)11-14-5-4-6-16(9-14)21(23,24)25/h4-10H,11-12H2,1-3H3. The second-order valence-corrected chi connectivity index (χ2v) is 6.74. The van der Waals surface area contributed by atoms with Crippen LogP contribution in [0.1, 0.15) is 22.6 Å². The van der Waals surface area contributed by atoms with E-state index in [4.69, 9.17) is 9.15 Å². The molecule has 0 atom stereocenters. The van der Waals surface area contributed by atoms with Crippen molar-refractivity contribution >= 4 is 0 Å². The minimum atomic E-state index is -4.37. The molecule has 8 heteroatoms. The zero-order chi connectivity index (χ0) is 21.2. The molecule has 0 aliphatic carbocycles. The largest absolute Gasteiger partial charge is 0.494 e. The van der Waals surface area contributed by atoms with Gasteiger partial charge in [0, 0.05) is 18.7 Å². The van der Waals surface area contributed by atoms with Crippen molar-refractivity contribution in [3.63, 3.8) is 0 Å². The van der Waals surface area contributed by atoms with Gasteiger partial charge in [-0.25, -0.2) is 9.37 Å². The first kappa shape index (κ1) is 20.9. The highest BCUT2D eigenvalue weighted by Crippen LogP contribution is 2.30. The fourth-order valence-electron chi connectivity index (χ4n) is 2.96. The van der Waals surface area contributed by atoms with Crippen LogP contribution < -0.4 is 4.74 Å². The third-order valence-electron chi connectivity index (χ3n) is 4.42. The zero-order valence-electron chi connectivity index (χ0n) is 16.2. The van der Waals surface area contributed by atoms with E-state index in [1.807, 2.05) is 4.90 Å². The second kappa shape index (κ2) is 8.24. The van der Waals surface area contributed by atoms with E-state index in [0.29, 0.717) is 41.6 Å². The Hall–Kier alpha value is -2.87. The third-order valence-corrected chi connectivity index (χ3v) is 4.42. The first-order chi connectivity index (χ1) is 13.7. The van der Waals surface area contributed by atoms with Crippen LogP contribution in [0.5, 0.6) is 5.75 Å². The Kier molecular flexibility index (Phi) is 5.93. The van der Waals surface area contributed by atoms with E-state index in [0.717, 1.165) is 12.1 Å². The molecule has 4 nitrogen and oxygen atoms in total. The fourth-order valence-corrected chi connectivity index (χ4v) is 2.96. The summed E-state index contributed by atoms with van der Waals surface area (Å²) in [5, 5.41) is 0. The lowest BCUT2D eigenvalue weighted by atomic mass is 10.1. The van der Waals surface area contributed by atoms with Crippen LogP contribution in [0.15, 0.2) is 46.9 Å². The molecular weight excluding hydrogens is 388 g/mol. The van der Waals surface area contributed by atoms with E-state index >= 15 is 0 Å². The number of hydrogen-bond donors (Lipinski definition) is 0. The van der Waals surface area contributed by atoms with E-state index in [1.165, 1.54) is 25.3 Å². The molecule has 1 heterocycles. The van der Waals surface area contributed by atoms with Gasteiger partial charge >= 0.3 is 6.18 Å². The normalized spacial score (nSPS) is 11.9. The van der Waals surface area contributed by atoms with E-state index in [9.17, 15) is 17.6 Å². The fraction of sp³-hybridized carbons (Fsp3) is 0.286. The van der Waals surface area contributed by atoms with E-state index in [1.54, 1.807) is 26.1 Å². The van der Waals surface area contributed by atoms with Crippen LogP contribution >= 0.6 is 0 Å². The van der Waals surface area contributed by atoms with Gasteiger partial charge < -0.3 is 9.15 Å². The summed E-state index contributed by atoms with van der Waals surface area (Å²) in [6, 6.07) is 9.55. The van der Waals surface area contributed by atoms with Gasteiger partial charge in [0.1, 0.15) is 5.76 Å². The predicted octanol–water partition coefficient (Wildman–Crippen LogP) is 5.45. The number of hydrogen-bond acceptors (Lipinski definition) is 4. The summed E-state index contributed by atoms with van der Waals surface area (Å²) in [7, 11) is 3.16. The summed E-state index contributed by atoms with van der Waals surface area (Å²) in [6.07, 6.45) is -4.37. The van der Waals surface area contributed by atoms with Crippen LogP contribution in [-0.2, 0) is 19.3 Å². The van der Waals surface area contributed by atoms with Gasteiger partial charge in [0.05, 0.1) is 18.4 Å². The Morgan fingerprint density at radius 3 is 2.55 bits per heavy atom. The molecule has 0 spiro atoms. The van der Waals surface area contributed by atoms with Crippen molar-refractivity contribution < 1.29 is 26.7 Å². The number of halogens is 4. The van der Waals surface area contributed by atoms with Gasteiger partial charge in [-0.05, 0) is 43.8 Å². The first-order valence-corrected chi connectivity index (χ1v) is 8.82. The minimum Gasteiger partial charge on any atom is -0.494 e. The topological polar surface area (TPSA) is 38.5 Å². The highest BCUT2D eigenvalue weighted by molar-refractivity contribution is 5.56. The molecule has 3 rings (SSSR count). The van der Waals surface area contributed by atoms with Gasteiger partial charge in [0.15, 0.2) is 11.6 Å². The SMILES string of the molecule is COc1cc(-c2nc(CN(C)Cc3cccc(C(F)(F)F)c3)c(C)o2)ccc1F. The summed E-state index contributed by atoms with van der Waals surface area (Å²) in [6.45, 7) is 2.45. The molecule has 29 heavy (non-hydrogen) atoms. The molecule has 0 N–H and O–H groups in total. The summed E-state index contributed by atoms with van der Waals surface area (Å²) < 4.78 is 62.9. The minimum absolute atomic E-state index is 0.0848. The molecule has 1 aromatic heterocycles. The lowest BCUT2D eigenvalue weighted by Gasteiger charge is -2.16. The van der Waals surface area contributed by atoms with E-state index in [2.05, 4.69) is 4.98 Å². The van der Waals surface area contributed by atoms with Gasteiger partial charge in [0.2, 0.25) is 5.89 Å². The zero-order valence-corrected chi connectivity index (χ0v) is 16.2. The van der Waals surface area contributed by atoms with Crippen LogP contribution in [0, 0.1) is 12.7 Å². The van der Waals surface area contributed by atoms with Crippen LogP contribution in [-0.4, -0.2) is 24.0 Å². The molecular formula is C21H20F4N2O2. The highest BCUT2D eigenvalue weighted by Gasteiger charge is 2.30. The van der Waals surface area contributed by atoms with Crippen LogP contribution in [0.25, 0.3) is 11.5 Å². The van der Waals surface area contributed by atoms with Crippen molar-refractivity contribution in [2.75, 3.05) is 14.2 Å². The van der Waals surface area contributed by atoms with E-state index in [-0.39, 0.29) is 5.75 Å². The molecule has 2 aromatic carbocycles. The molecule has 0 aliphatic rings. The van der Waals surface area contributed by atoms with Crippen molar-refractivity contribution in [3.8, 4) is 17.2 Å². The van der Waals surface area contributed by atoms with Crippen molar-refractivity contribution in [3.05, 3.63) is 70.9 Å². The van der Waals surface area contributed by atoms with Crippen molar-refractivity contribution in [1.82, 2.24) is 9.88 Å². The predicted molar refractivity (Wildman–Crippen MR) is 99.8 cm³/mol. The van der Waals surface area contributed by atoms with Crippen molar-refractivity contribution in [2.45, 2.75) is 26.2 Å². The van der Waals surface area contributed by atoms with Crippen molar-refractivity contribution in [2.24, 2.45) is 0 Å². The number of oxazole rings is 1. The maximum atomic E-state index is 13.6. The molecule has 0 aliphatic heterocycles. The number of methoxy groups -OCH3 is 1. The second-order valence-electron chi connectivity index (χ2n) is 6.74. The van der Waals surface area contributed by atoms with Gasteiger partial charge in [0.25, 0.3) is 0 Å². The number of ether oxygens (including phenoxy) is 1. The summed E-state index contributed by atoms with van der Waals surface area (Å²) >= 11 is 0. The molecule has 0 fully saturated rings. The van der Waals surface area contributed by atoms with Crippen LogP contribution in [0.2, 0.25) is 0 Å². The molecule has 154 valence electrons. The number of aryl methyl sites for hydroxylation is 1. The summed E-state index contributed by atoms with van der Waals surface area (Å²) in [5.41, 5.74) is 1.09. The number of benzene rings is 2. The highest BCUT2D eigenvalue weighted by atomic mass is 19.4. The Labute approximate surface area is 165 Å². The molecule has 0 saturated heterocycles. The van der Waals surface area contributed by atoms with Gasteiger partial charge in [-0.3, -0.25) is 4.90 Å². The average molecular weight is 408 g/mol. The van der Waals surface area contributed by atoms with Crippen molar-refractivity contribution in [1.29, 1.82) is 0 Å². The number of alkyl halides is 3. The average Bonchev–Trinajstić information content (AvgIpc) is 3.02. The first-order valence-electron chi connectivity index (χ1n) is 8.82. The molecule has 0 unspecified atom stereocenters. The summed E-state index contributed by atoms with van der Waals surface area (Å²) in [4.78, 5) is 6.30. The van der Waals surface area contributed by atoms with E-state index < -0.39 is 17.6 Å². The number of nitrogens with zero attached hydrogens (tertiary/aromatic N) is 2.